The van der Waals surface area contributed by atoms with E-state index in [0.717, 1.165) is 58.4 Å². The number of rotatable bonds is 6. The summed E-state index contributed by atoms with van der Waals surface area (Å²) in [6, 6.07) is 1.78. The van der Waals surface area contributed by atoms with Gasteiger partial charge in [0, 0.05) is 44.3 Å². The Bertz CT molecular complexity index is 673. The Balaban J connectivity index is 1.43. The number of hydrogen-bond donors (Lipinski definition) is 0. The number of piperidine rings is 1. The van der Waals surface area contributed by atoms with Crippen molar-refractivity contribution in [1.82, 2.24) is 24.7 Å². The molecule has 1 saturated carbocycles. The number of carbonyl (C=O) groups excluding carboxylic acids is 2. The first-order chi connectivity index (χ1) is 13.7. The molecule has 2 amide bonds. The minimum absolute atomic E-state index is 0.0531. The van der Waals surface area contributed by atoms with Gasteiger partial charge in [-0.15, -0.1) is 0 Å². The van der Waals surface area contributed by atoms with Gasteiger partial charge in [0.1, 0.15) is 12.0 Å². The van der Waals surface area contributed by atoms with Crippen molar-refractivity contribution in [3.05, 3.63) is 24.3 Å². The van der Waals surface area contributed by atoms with Crippen LogP contribution in [0.3, 0.4) is 0 Å². The highest BCUT2D eigenvalue weighted by Gasteiger charge is 2.36. The van der Waals surface area contributed by atoms with Crippen LogP contribution in [0.1, 0.15) is 55.4 Å². The molecule has 2 aliphatic heterocycles. The molecule has 0 aromatic carbocycles. The van der Waals surface area contributed by atoms with E-state index in [1.807, 2.05) is 4.90 Å². The Morgan fingerprint density at radius 3 is 2.57 bits per heavy atom. The minimum Gasteiger partial charge on any atom is -0.336 e. The van der Waals surface area contributed by atoms with Gasteiger partial charge in [-0.2, -0.15) is 0 Å². The topological polar surface area (TPSA) is 69.6 Å². The first-order valence-electron chi connectivity index (χ1n) is 10.8. The van der Waals surface area contributed by atoms with Gasteiger partial charge in [-0.1, -0.05) is 6.42 Å². The maximum atomic E-state index is 13.2. The molecule has 0 N–H and O–H groups in total. The number of nitrogens with zero attached hydrogens (tertiary/aromatic N) is 5. The van der Waals surface area contributed by atoms with Crippen molar-refractivity contribution in [1.29, 1.82) is 0 Å². The third-order valence-corrected chi connectivity index (χ3v) is 6.52. The van der Waals surface area contributed by atoms with Crippen LogP contribution < -0.4 is 0 Å². The van der Waals surface area contributed by atoms with E-state index >= 15 is 0 Å². The van der Waals surface area contributed by atoms with Crippen molar-refractivity contribution in [2.75, 3.05) is 39.3 Å². The molecular weight excluding hydrogens is 354 g/mol. The monoisotopic (exact) mass is 385 g/mol. The quantitative estimate of drug-likeness (QED) is 0.747. The first-order valence-corrected chi connectivity index (χ1v) is 10.8. The average Bonchev–Trinajstić information content (AvgIpc) is 3.21. The van der Waals surface area contributed by atoms with Gasteiger partial charge in [0.2, 0.25) is 5.91 Å². The Morgan fingerprint density at radius 1 is 1.07 bits per heavy atom. The summed E-state index contributed by atoms with van der Waals surface area (Å²) in [6.07, 6.45) is 10.7. The summed E-state index contributed by atoms with van der Waals surface area (Å²) in [5.41, 5.74) is 0.435. The Labute approximate surface area is 167 Å². The van der Waals surface area contributed by atoms with Crippen LogP contribution in [0.2, 0.25) is 0 Å². The van der Waals surface area contributed by atoms with Gasteiger partial charge in [0.05, 0.1) is 0 Å². The van der Waals surface area contributed by atoms with Crippen LogP contribution in [-0.4, -0.2) is 81.8 Å². The number of likely N-dealkylation sites (tertiary alicyclic amines) is 2. The molecule has 7 heteroatoms. The summed E-state index contributed by atoms with van der Waals surface area (Å²) in [4.78, 5) is 40.4. The van der Waals surface area contributed by atoms with E-state index in [0.29, 0.717) is 18.1 Å². The highest BCUT2D eigenvalue weighted by atomic mass is 16.2. The lowest BCUT2D eigenvalue weighted by atomic mass is 9.83. The molecule has 1 aliphatic carbocycles. The van der Waals surface area contributed by atoms with Crippen LogP contribution in [0.4, 0.5) is 0 Å². The number of amides is 2. The van der Waals surface area contributed by atoms with E-state index in [1.54, 1.807) is 12.3 Å². The van der Waals surface area contributed by atoms with Crippen molar-refractivity contribution >= 4 is 11.8 Å². The molecule has 1 unspecified atom stereocenters. The largest absolute Gasteiger partial charge is 0.336 e. The van der Waals surface area contributed by atoms with Crippen LogP contribution in [0.25, 0.3) is 0 Å². The Morgan fingerprint density at radius 2 is 1.89 bits per heavy atom. The summed E-state index contributed by atoms with van der Waals surface area (Å²) in [7, 11) is 0. The van der Waals surface area contributed by atoms with Crippen molar-refractivity contribution in [3.63, 3.8) is 0 Å². The molecule has 152 valence electrons. The Kier molecular flexibility index (Phi) is 6.20. The van der Waals surface area contributed by atoms with Crippen molar-refractivity contribution in [2.24, 2.45) is 5.92 Å². The lowest BCUT2D eigenvalue weighted by Gasteiger charge is -2.42. The molecular formula is C21H31N5O2. The summed E-state index contributed by atoms with van der Waals surface area (Å²) in [5, 5.41) is 0. The summed E-state index contributed by atoms with van der Waals surface area (Å²) in [5.74, 6) is 0.459. The summed E-state index contributed by atoms with van der Waals surface area (Å²) >= 11 is 0. The number of aromatic nitrogens is 2. The second-order valence-corrected chi connectivity index (χ2v) is 8.35. The van der Waals surface area contributed by atoms with Gasteiger partial charge in [-0.25, -0.2) is 9.97 Å². The van der Waals surface area contributed by atoms with E-state index in [1.165, 1.54) is 25.6 Å². The molecule has 0 radical (unpaired) electrons. The van der Waals surface area contributed by atoms with Gasteiger partial charge in [-0.3, -0.25) is 9.59 Å². The number of carbonyl (C=O) groups is 2. The fraction of sp³-hybridized carbons (Fsp3) is 0.714. The van der Waals surface area contributed by atoms with E-state index in [4.69, 9.17) is 0 Å². The van der Waals surface area contributed by atoms with E-state index in [-0.39, 0.29) is 17.9 Å². The molecule has 1 aromatic heterocycles. The van der Waals surface area contributed by atoms with Gasteiger partial charge < -0.3 is 14.7 Å². The molecule has 3 fully saturated rings. The summed E-state index contributed by atoms with van der Waals surface area (Å²) < 4.78 is 0. The van der Waals surface area contributed by atoms with Gasteiger partial charge >= 0.3 is 0 Å². The second-order valence-electron chi connectivity index (χ2n) is 8.35. The molecule has 2 saturated heterocycles. The standard InChI is InChI=1S/C21H31N5O2/c27-20(17-5-3-6-17)26(14-13-24-10-1-2-11-24)18-7-4-12-25(15-18)21(28)19-8-9-22-16-23-19/h8-9,16-18H,1-7,10-15H2. The van der Waals surface area contributed by atoms with E-state index < -0.39 is 0 Å². The fourth-order valence-electron chi connectivity index (χ4n) is 4.59. The lowest BCUT2D eigenvalue weighted by molar-refractivity contribution is -0.141. The predicted molar refractivity (Wildman–Crippen MR) is 106 cm³/mol. The van der Waals surface area contributed by atoms with E-state index in [9.17, 15) is 9.59 Å². The van der Waals surface area contributed by atoms with Crippen LogP contribution >= 0.6 is 0 Å². The summed E-state index contributed by atoms with van der Waals surface area (Å²) in [6.45, 7) is 5.38. The lowest BCUT2D eigenvalue weighted by Crippen LogP contribution is -2.55. The average molecular weight is 386 g/mol. The third kappa shape index (κ3) is 4.35. The molecule has 1 atom stereocenters. The zero-order chi connectivity index (χ0) is 19.3. The van der Waals surface area contributed by atoms with Crippen LogP contribution in [0.5, 0.6) is 0 Å². The zero-order valence-electron chi connectivity index (χ0n) is 16.6. The van der Waals surface area contributed by atoms with Crippen molar-refractivity contribution < 1.29 is 9.59 Å². The van der Waals surface area contributed by atoms with Crippen molar-refractivity contribution in [2.45, 2.75) is 51.0 Å². The molecule has 7 nitrogen and oxygen atoms in total. The van der Waals surface area contributed by atoms with Crippen LogP contribution in [0.15, 0.2) is 18.6 Å². The van der Waals surface area contributed by atoms with E-state index in [2.05, 4.69) is 19.8 Å². The molecule has 3 heterocycles. The predicted octanol–water partition coefficient (Wildman–Crippen LogP) is 1.81. The van der Waals surface area contributed by atoms with Crippen LogP contribution in [-0.2, 0) is 4.79 Å². The fourth-order valence-corrected chi connectivity index (χ4v) is 4.59. The normalized spacial score (nSPS) is 23.4. The highest BCUT2D eigenvalue weighted by molar-refractivity contribution is 5.92. The molecule has 0 bridgehead atoms. The SMILES string of the molecule is O=C(c1ccncn1)N1CCCC(N(CCN2CCCC2)C(=O)C2CCC2)C1. The van der Waals surface area contributed by atoms with Crippen LogP contribution in [0, 0.1) is 5.92 Å². The molecule has 28 heavy (non-hydrogen) atoms. The van der Waals surface area contributed by atoms with Gasteiger partial charge in [0.25, 0.3) is 5.91 Å². The molecule has 3 aliphatic rings. The first kappa shape index (κ1) is 19.3. The van der Waals surface area contributed by atoms with Gasteiger partial charge in [-0.05, 0) is 57.7 Å². The molecule has 0 spiro atoms. The van der Waals surface area contributed by atoms with Crippen molar-refractivity contribution in [3.8, 4) is 0 Å². The third-order valence-electron chi connectivity index (χ3n) is 6.52. The Hall–Kier alpha value is -2.02. The highest BCUT2D eigenvalue weighted by Crippen LogP contribution is 2.30. The smallest absolute Gasteiger partial charge is 0.272 e. The molecule has 1 aromatic rings. The zero-order valence-corrected chi connectivity index (χ0v) is 16.6. The second kappa shape index (κ2) is 8.99. The maximum Gasteiger partial charge on any atom is 0.272 e. The maximum absolute atomic E-state index is 13.2. The minimum atomic E-state index is -0.0531. The number of hydrogen-bond acceptors (Lipinski definition) is 5. The van der Waals surface area contributed by atoms with Gasteiger partial charge in [0.15, 0.2) is 0 Å². The molecule has 4 rings (SSSR count).